The third kappa shape index (κ3) is 4.40. The number of furan rings is 1. The quantitative estimate of drug-likeness (QED) is 0.254. The Bertz CT molecular complexity index is 1350. The normalized spacial score (nSPS) is 44.8. The van der Waals surface area contributed by atoms with Crippen molar-refractivity contribution < 1.29 is 42.8 Å². The van der Waals surface area contributed by atoms with Crippen molar-refractivity contribution in [2.75, 3.05) is 13.2 Å². The minimum Gasteiger partial charge on any atom is -0.472 e. The van der Waals surface area contributed by atoms with E-state index in [1.807, 2.05) is 19.9 Å². The van der Waals surface area contributed by atoms with Crippen LogP contribution in [-0.2, 0) is 33.3 Å². The summed E-state index contributed by atoms with van der Waals surface area (Å²) >= 11 is 0. The van der Waals surface area contributed by atoms with E-state index in [1.54, 1.807) is 25.5 Å². The summed E-state index contributed by atoms with van der Waals surface area (Å²) in [4.78, 5) is 25.9. The van der Waals surface area contributed by atoms with Crippen LogP contribution in [0.5, 0.6) is 0 Å². The Labute approximate surface area is 260 Å². The lowest BCUT2D eigenvalue weighted by molar-refractivity contribution is -0.259. The van der Waals surface area contributed by atoms with Gasteiger partial charge in [-0.15, -0.1) is 0 Å². The van der Waals surface area contributed by atoms with E-state index >= 15 is 0 Å². The average molecular weight is 613 g/mol. The molecule has 9 nitrogen and oxygen atoms in total. The highest BCUT2D eigenvalue weighted by Gasteiger charge is 2.77. The molecule has 1 aromatic rings. The third-order valence-electron chi connectivity index (χ3n) is 12.2. The lowest BCUT2D eigenvalue weighted by Gasteiger charge is -2.66. The summed E-state index contributed by atoms with van der Waals surface area (Å²) in [5.74, 6) is -1.21. The fourth-order valence-corrected chi connectivity index (χ4v) is 10.2. The van der Waals surface area contributed by atoms with Gasteiger partial charge in [0.15, 0.2) is 6.29 Å². The second kappa shape index (κ2) is 11.1. The van der Waals surface area contributed by atoms with Crippen LogP contribution in [-0.4, -0.2) is 67.1 Å². The largest absolute Gasteiger partial charge is 0.472 e. The molecule has 44 heavy (non-hydrogen) atoms. The van der Waals surface area contributed by atoms with Crippen molar-refractivity contribution in [3.8, 4) is 0 Å². The van der Waals surface area contributed by atoms with Crippen molar-refractivity contribution in [1.82, 2.24) is 0 Å². The molecule has 3 aliphatic carbocycles. The van der Waals surface area contributed by atoms with Gasteiger partial charge in [0.25, 0.3) is 0 Å². The molecule has 12 atom stereocenters. The van der Waals surface area contributed by atoms with Crippen molar-refractivity contribution in [2.45, 2.75) is 117 Å². The number of hydrogen-bond acceptors (Lipinski definition) is 9. The molecule has 0 spiro atoms. The number of ether oxygens (including phenoxy) is 5. The molecule has 3 heterocycles. The van der Waals surface area contributed by atoms with Crippen molar-refractivity contribution in [3.63, 3.8) is 0 Å². The molecule has 0 amide bonds. The maximum absolute atomic E-state index is 13.7. The van der Waals surface area contributed by atoms with Crippen LogP contribution in [0, 0.1) is 28.1 Å². The first-order valence-corrected chi connectivity index (χ1v) is 16.1. The summed E-state index contributed by atoms with van der Waals surface area (Å²) in [5.41, 5.74) is 1.78. The Morgan fingerprint density at radius 3 is 2.52 bits per heavy atom. The summed E-state index contributed by atoms with van der Waals surface area (Å²) in [6.07, 6.45) is 3.39. The molecule has 0 aromatic carbocycles. The van der Waals surface area contributed by atoms with Crippen molar-refractivity contribution in [3.05, 3.63) is 47.0 Å². The number of carbonyl (C=O) groups excluding carboxylic acids is 2. The monoisotopic (exact) mass is 612 g/mol. The maximum Gasteiger partial charge on any atom is 0.333 e. The number of aliphatic hydroxyl groups excluding tert-OH is 1. The number of esters is 2. The van der Waals surface area contributed by atoms with Crippen LogP contribution in [0.15, 0.2) is 45.8 Å². The predicted molar refractivity (Wildman–Crippen MR) is 160 cm³/mol. The van der Waals surface area contributed by atoms with E-state index in [4.69, 9.17) is 28.1 Å². The minimum absolute atomic E-state index is 0.0603. The first kappa shape index (κ1) is 31.5. The van der Waals surface area contributed by atoms with Crippen LogP contribution in [0.4, 0.5) is 0 Å². The Morgan fingerprint density at radius 2 is 1.89 bits per heavy atom. The molecule has 6 rings (SSSR count). The zero-order valence-electron chi connectivity index (χ0n) is 27.3. The number of allylic oxidation sites excluding steroid dienone is 2. The van der Waals surface area contributed by atoms with Crippen LogP contribution in [0.1, 0.15) is 86.1 Å². The Kier molecular flexibility index (Phi) is 7.96. The standard InChI is InChI=1S/C35H48O9/c1-9-18(3)32(38)44-31-29-30-33(6,17-41-29)26(42-20(5)36)15-25(37)34(30,7)24-14-27(40-10-2)43-23-13-22(21-11-12-39-16-21)19(4)28(23)35(24,31)8/h9,11-12,16,22-27,29-31,37H,10,13-15,17H2,1-8H3. The molecule has 12 unspecified atom stereocenters. The molecule has 1 N–H and O–H groups in total. The van der Waals surface area contributed by atoms with Gasteiger partial charge in [0.1, 0.15) is 12.2 Å². The summed E-state index contributed by atoms with van der Waals surface area (Å²) in [7, 11) is 0. The number of carbonyl (C=O) groups is 2. The van der Waals surface area contributed by atoms with Crippen LogP contribution in [0.25, 0.3) is 0 Å². The molecule has 4 fully saturated rings. The zero-order valence-corrected chi connectivity index (χ0v) is 27.3. The molecular weight excluding hydrogens is 564 g/mol. The van der Waals surface area contributed by atoms with Gasteiger partial charge in [0.2, 0.25) is 0 Å². The van der Waals surface area contributed by atoms with E-state index in [0.717, 1.165) is 16.7 Å². The average Bonchev–Trinajstić information content (AvgIpc) is 3.68. The van der Waals surface area contributed by atoms with E-state index in [-0.39, 0.29) is 29.8 Å². The second-order valence-corrected chi connectivity index (χ2v) is 14.3. The van der Waals surface area contributed by atoms with Crippen molar-refractivity contribution >= 4 is 11.9 Å². The van der Waals surface area contributed by atoms with E-state index in [0.29, 0.717) is 38.0 Å². The molecular formula is C35H48O9. The topological polar surface area (TPSA) is 114 Å². The number of fused-ring (bicyclic) bond motifs is 4. The Hall–Kier alpha value is -2.46. The van der Waals surface area contributed by atoms with Gasteiger partial charge in [0, 0.05) is 60.0 Å². The smallest absolute Gasteiger partial charge is 0.333 e. The molecule has 242 valence electrons. The Morgan fingerprint density at radius 1 is 1.14 bits per heavy atom. The van der Waals surface area contributed by atoms with Crippen LogP contribution < -0.4 is 0 Å². The van der Waals surface area contributed by atoms with E-state index in [2.05, 4.69) is 27.7 Å². The maximum atomic E-state index is 13.7. The van der Waals surface area contributed by atoms with Crippen LogP contribution in [0.2, 0.25) is 0 Å². The zero-order chi connectivity index (χ0) is 31.8. The van der Waals surface area contributed by atoms with Crippen molar-refractivity contribution in [2.24, 2.45) is 28.1 Å². The van der Waals surface area contributed by atoms with E-state index in [1.165, 1.54) is 6.92 Å². The molecule has 2 aliphatic heterocycles. The molecule has 2 saturated carbocycles. The summed E-state index contributed by atoms with van der Waals surface area (Å²) < 4.78 is 37.8. The molecule has 1 aromatic heterocycles. The Balaban J connectivity index is 1.59. The predicted octanol–water partition coefficient (Wildman–Crippen LogP) is 5.47. The molecule has 0 radical (unpaired) electrons. The van der Waals surface area contributed by atoms with Gasteiger partial charge in [-0.2, -0.15) is 0 Å². The summed E-state index contributed by atoms with van der Waals surface area (Å²) in [6, 6.07) is 2.00. The van der Waals surface area contributed by atoms with Gasteiger partial charge in [-0.25, -0.2) is 4.79 Å². The van der Waals surface area contributed by atoms with Gasteiger partial charge < -0.3 is 33.2 Å². The molecule has 5 aliphatic rings. The van der Waals surface area contributed by atoms with Gasteiger partial charge >= 0.3 is 11.9 Å². The van der Waals surface area contributed by atoms with Gasteiger partial charge in [-0.1, -0.05) is 32.4 Å². The first-order valence-electron chi connectivity index (χ1n) is 16.1. The number of hydrogen-bond donors (Lipinski definition) is 1. The van der Waals surface area contributed by atoms with Gasteiger partial charge in [-0.05, 0) is 57.2 Å². The van der Waals surface area contributed by atoms with Crippen LogP contribution >= 0.6 is 0 Å². The highest BCUT2D eigenvalue weighted by molar-refractivity contribution is 5.87. The highest BCUT2D eigenvalue weighted by atomic mass is 16.7. The van der Waals surface area contributed by atoms with Gasteiger partial charge in [0.05, 0.1) is 37.4 Å². The molecule has 9 heteroatoms. The molecule has 0 bridgehead atoms. The van der Waals surface area contributed by atoms with E-state index in [9.17, 15) is 14.7 Å². The van der Waals surface area contributed by atoms with Crippen molar-refractivity contribution in [1.29, 1.82) is 0 Å². The fourth-order valence-electron chi connectivity index (χ4n) is 10.2. The third-order valence-corrected chi connectivity index (χ3v) is 12.2. The second-order valence-electron chi connectivity index (χ2n) is 14.3. The van der Waals surface area contributed by atoms with Gasteiger partial charge in [-0.3, -0.25) is 4.79 Å². The van der Waals surface area contributed by atoms with Crippen LogP contribution in [0.3, 0.4) is 0 Å². The van der Waals surface area contributed by atoms with E-state index < -0.39 is 52.9 Å². The number of rotatable bonds is 6. The SMILES string of the molecule is CC=C(C)C(=O)OC1C2OCC3(C)C(OC(C)=O)CC(O)C(C)(C23)C2CC(OCC)OC3CC(c4ccoc4)C(C)=C3C12C. The summed E-state index contributed by atoms with van der Waals surface area (Å²) in [6.45, 7) is 16.3. The molecule has 2 saturated heterocycles. The minimum atomic E-state index is -0.807. The number of aliphatic hydroxyl groups is 1. The first-order chi connectivity index (χ1) is 20.8. The summed E-state index contributed by atoms with van der Waals surface area (Å²) in [5, 5.41) is 12.2. The fraction of sp³-hybridized carbons (Fsp3) is 0.714. The lowest BCUT2D eigenvalue weighted by Crippen LogP contribution is -2.72. The lowest BCUT2D eigenvalue weighted by atomic mass is 9.39. The highest BCUT2D eigenvalue weighted by Crippen LogP contribution is 2.72.